The van der Waals surface area contributed by atoms with Gasteiger partial charge in [0, 0.05) is 13.2 Å². The molecule has 0 saturated carbocycles. The molecule has 2 aromatic heterocycles. The molecule has 0 unspecified atom stereocenters. The molecule has 96 valence electrons. The number of aliphatic carboxylic acids is 1. The van der Waals surface area contributed by atoms with Gasteiger partial charge in [0.25, 0.3) is 0 Å². The summed E-state index contributed by atoms with van der Waals surface area (Å²) >= 11 is 2.49. The van der Waals surface area contributed by atoms with Crippen LogP contribution in [0.4, 0.5) is 5.13 Å². The monoisotopic (exact) mass is 285 g/mol. The molecule has 0 amide bonds. The van der Waals surface area contributed by atoms with Crippen LogP contribution in [0.1, 0.15) is 5.69 Å². The number of anilines is 1. The summed E-state index contributed by atoms with van der Waals surface area (Å²) in [6.07, 6.45) is 1.87. The molecule has 0 bridgehead atoms. The molecule has 9 heteroatoms. The summed E-state index contributed by atoms with van der Waals surface area (Å²) < 4.78 is 2.37. The molecule has 0 aromatic carbocycles. The fourth-order valence-corrected chi connectivity index (χ4v) is 2.65. The van der Waals surface area contributed by atoms with Crippen LogP contribution in [0.5, 0.6) is 0 Å². The standard InChI is InChI=1S/C9H11N5O2S2/c1-14-3-2-6(13-14)4-10-8-11-12-9(18-8)17-5-7(15)16/h2-3H,4-5H2,1H3,(H,10,11)(H,15,16). The van der Waals surface area contributed by atoms with E-state index in [1.165, 1.54) is 11.3 Å². The van der Waals surface area contributed by atoms with Crippen LogP contribution in [0.2, 0.25) is 0 Å². The normalized spacial score (nSPS) is 10.5. The number of rotatable bonds is 6. The smallest absolute Gasteiger partial charge is 0.313 e. The van der Waals surface area contributed by atoms with E-state index in [0.717, 1.165) is 17.5 Å². The number of carboxylic acid groups (broad SMARTS) is 1. The van der Waals surface area contributed by atoms with Gasteiger partial charge in [0.05, 0.1) is 18.0 Å². The van der Waals surface area contributed by atoms with Crippen molar-refractivity contribution in [2.75, 3.05) is 11.1 Å². The molecular weight excluding hydrogens is 274 g/mol. The number of nitrogens with zero attached hydrogens (tertiary/aromatic N) is 4. The summed E-state index contributed by atoms with van der Waals surface area (Å²) in [5, 5.41) is 24.3. The van der Waals surface area contributed by atoms with Gasteiger partial charge in [0.15, 0.2) is 4.34 Å². The van der Waals surface area contributed by atoms with Gasteiger partial charge < -0.3 is 10.4 Å². The van der Waals surface area contributed by atoms with E-state index in [0.29, 0.717) is 16.0 Å². The number of carbonyl (C=O) groups is 1. The van der Waals surface area contributed by atoms with Crippen molar-refractivity contribution in [3.05, 3.63) is 18.0 Å². The number of thioether (sulfide) groups is 1. The van der Waals surface area contributed by atoms with E-state index in [9.17, 15) is 4.79 Å². The van der Waals surface area contributed by atoms with E-state index in [4.69, 9.17) is 5.11 Å². The van der Waals surface area contributed by atoms with Gasteiger partial charge in [-0.3, -0.25) is 9.48 Å². The van der Waals surface area contributed by atoms with Crippen molar-refractivity contribution < 1.29 is 9.90 Å². The van der Waals surface area contributed by atoms with Crippen LogP contribution in [0.25, 0.3) is 0 Å². The lowest BCUT2D eigenvalue weighted by atomic mass is 10.4. The highest BCUT2D eigenvalue weighted by Crippen LogP contribution is 2.25. The first-order chi connectivity index (χ1) is 8.63. The molecule has 18 heavy (non-hydrogen) atoms. The summed E-state index contributed by atoms with van der Waals surface area (Å²) in [6, 6.07) is 1.91. The predicted molar refractivity (Wildman–Crippen MR) is 68.8 cm³/mol. The maximum absolute atomic E-state index is 10.4. The summed E-state index contributed by atoms with van der Waals surface area (Å²) in [4.78, 5) is 10.4. The highest BCUT2D eigenvalue weighted by molar-refractivity contribution is 8.01. The van der Waals surface area contributed by atoms with Crippen molar-refractivity contribution in [2.24, 2.45) is 7.05 Å². The zero-order chi connectivity index (χ0) is 13.0. The lowest BCUT2D eigenvalue weighted by Crippen LogP contribution is -2.00. The summed E-state index contributed by atoms with van der Waals surface area (Å²) in [6.45, 7) is 0.569. The molecule has 2 aromatic rings. The molecule has 2 rings (SSSR count). The zero-order valence-electron chi connectivity index (χ0n) is 9.53. The molecule has 0 fully saturated rings. The lowest BCUT2D eigenvalue weighted by molar-refractivity contribution is -0.133. The Labute approximate surface area is 111 Å². The third kappa shape index (κ3) is 3.70. The Kier molecular flexibility index (Phi) is 4.15. The van der Waals surface area contributed by atoms with E-state index in [-0.39, 0.29) is 5.75 Å². The van der Waals surface area contributed by atoms with Gasteiger partial charge in [-0.1, -0.05) is 23.1 Å². The molecule has 0 radical (unpaired) electrons. The number of hydrogen-bond acceptors (Lipinski definition) is 7. The van der Waals surface area contributed by atoms with E-state index >= 15 is 0 Å². The van der Waals surface area contributed by atoms with Gasteiger partial charge >= 0.3 is 5.97 Å². The molecule has 2 heterocycles. The van der Waals surface area contributed by atoms with Crippen LogP contribution in [-0.4, -0.2) is 36.8 Å². The van der Waals surface area contributed by atoms with Gasteiger partial charge in [0.1, 0.15) is 0 Å². The highest BCUT2D eigenvalue weighted by atomic mass is 32.2. The summed E-state index contributed by atoms with van der Waals surface area (Å²) in [7, 11) is 1.86. The van der Waals surface area contributed by atoms with E-state index in [2.05, 4.69) is 20.6 Å². The largest absolute Gasteiger partial charge is 0.481 e. The molecular formula is C9H11N5O2S2. The van der Waals surface area contributed by atoms with Gasteiger partial charge in [-0.2, -0.15) is 5.10 Å². The minimum Gasteiger partial charge on any atom is -0.481 e. The van der Waals surface area contributed by atoms with E-state index in [1.54, 1.807) is 4.68 Å². The maximum Gasteiger partial charge on any atom is 0.313 e. The summed E-state index contributed by atoms with van der Waals surface area (Å²) in [5.74, 6) is -0.868. The maximum atomic E-state index is 10.4. The average Bonchev–Trinajstić information content (AvgIpc) is 2.93. The van der Waals surface area contributed by atoms with Crippen molar-refractivity contribution in [3.63, 3.8) is 0 Å². The zero-order valence-corrected chi connectivity index (χ0v) is 11.2. The Bertz CT molecular complexity index is 539. The van der Waals surface area contributed by atoms with Crippen molar-refractivity contribution in [1.82, 2.24) is 20.0 Å². The highest BCUT2D eigenvalue weighted by Gasteiger charge is 2.07. The molecule has 0 atom stereocenters. The number of carboxylic acids is 1. The SMILES string of the molecule is Cn1ccc(CNc2nnc(SCC(=O)O)s2)n1. The van der Waals surface area contributed by atoms with Crippen LogP contribution in [0.15, 0.2) is 16.6 Å². The van der Waals surface area contributed by atoms with Crippen molar-refractivity contribution in [1.29, 1.82) is 0 Å². The Morgan fingerprint density at radius 3 is 3.11 bits per heavy atom. The molecule has 0 saturated heterocycles. The van der Waals surface area contributed by atoms with Crippen LogP contribution < -0.4 is 5.32 Å². The Balaban J connectivity index is 1.84. The van der Waals surface area contributed by atoms with Crippen LogP contribution in [0.3, 0.4) is 0 Å². The topological polar surface area (TPSA) is 92.9 Å². The third-order valence-corrected chi connectivity index (χ3v) is 3.91. The van der Waals surface area contributed by atoms with Gasteiger partial charge in [0.2, 0.25) is 5.13 Å². The Morgan fingerprint density at radius 1 is 1.61 bits per heavy atom. The number of nitrogens with one attached hydrogen (secondary N) is 1. The quantitative estimate of drug-likeness (QED) is 0.766. The number of aryl methyl sites for hydroxylation is 1. The first-order valence-electron chi connectivity index (χ1n) is 5.04. The molecule has 0 aliphatic rings. The first kappa shape index (κ1) is 12.8. The third-order valence-electron chi connectivity index (χ3n) is 1.92. The molecule has 0 aliphatic heterocycles. The van der Waals surface area contributed by atoms with Crippen LogP contribution in [-0.2, 0) is 18.4 Å². The minimum absolute atomic E-state index is 0.00509. The lowest BCUT2D eigenvalue weighted by Gasteiger charge is -1.97. The van der Waals surface area contributed by atoms with Crippen LogP contribution >= 0.6 is 23.1 Å². The molecule has 7 nitrogen and oxygen atoms in total. The van der Waals surface area contributed by atoms with E-state index < -0.39 is 5.97 Å². The average molecular weight is 285 g/mol. The van der Waals surface area contributed by atoms with Crippen molar-refractivity contribution in [2.45, 2.75) is 10.9 Å². The fraction of sp³-hybridized carbons (Fsp3) is 0.333. The predicted octanol–water partition coefficient (Wildman–Crippen LogP) is 1.06. The van der Waals surface area contributed by atoms with Gasteiger partial charge in [-0.15, -0.1) is 10.2 Å². The summed E-state index contributed by atoms with van der Waals surface area (Å²) in [5.41, 5.74) is 0.910. The van der Waals surface area contributed by atoms with Gasteiger partial charge in [-0.25, -0.2) is 0 Å². The minimum atomic E-state index is -0.863. The Morgan fingerprint density at radius 2 is 2.44 bits per heavy atom. The number of hydrogen-bond donors (Lipinski definition) is 2. The first-order valence-corrected chi connectivity index (χ1v) is 6.84. The van der Waals surface area contributed by atoms with Crippen molar-refractivity contribution in [3.8, 4) is 0 Å². The molecule has 2 N–H and O–H groups in total. The van der Waals surface area contributed by atoms with E-state index in [1.807, 2.05) is 19.3 Å². The van der Waals surface area contributed by atoms with Crippen LogP contribution in [0, 0.1) is 0 Å². The fourth-order valence-electron chi connectivity index (χ4n) is 1.19. The number of aromatic nitrogens is 4. The molecule has 0 aliphatic carbocycles. The van der Waals surface area contributed by atoms with Gasteiger partial charge in [-0.05, 0) is 6.07 Å². The second-order valence-corrected chi connectivity index (χ2v) is 5.59. The van der Waals surface area contributed by atoms with Crippen molar-refractivity contribution >= 4 is 34.2 Å². The second kappa shape index (κ2) is 5.83. The second-order valence-electron chi connectivity index (χ2n) is 3.39. The Hall–Kier alpha value is -1.61. The molecule has 0 spiro atoms.